The molecule has 1 aromatic carbocycles. The van der Waals surface area contributed by atoms with E-state index in [0.29, 0.717) is 6.61 Å². The Bertz CT molecular complexity index is 528. The number of nitrogens with zero attached hydrogens (tertiary/aromatic N) is 2. The minimum absolute atomic E-state index is 0.708. The Morgan fingerprint density at radius 2 is 2.06 bits per heavy atom. The highest BCUT2D eigenvalue weighted by Crippen LogP contribution is 2.09. The molecule has 1 heterocycles. The fourth-order valence-corrected chi connectivity index (χ4v) is 2.49. The fourth-order valence-electron chi connectivity index (χ4n) is 1.57. The van der Waals surface area contributed by atoms with Gasteiger partial charge in [-0.05, 0) is 19.1 Å². The largest absolute Gasteiger partial charge is 0.383 e. The zero-order chi connectivity index (χ0) is 12.1. The zero-order valence-corrected chi connectivity index (χ0v) is 10.9. The number of ether oxygens (including phenoxy) is 1. The Labute approximate surface area is 105 Å². The number of aryl methyl sites for hydroxylation is 1. The van der Waals surface area contributed by atoms with Gasteiger partial charge in [0.05, 0.1) is 12.3 Å². The monoisotopic (exact) mass is 248 g/mol. The maximum Gasteiger partial charge on any atom is 0.190 e. The second-order valence-electron chi connectivity index (χ2n) is 3.75. The van der Waals surface area contributed by atoms with Gasteiger partial charge >= 0.3 is 0 Å². The quantitative estimate of drug-likeness (QED) is 0.817. The van der Waals surface area contributed by atoms with Crippen LogP contribution in [0, 0.1) is 6.92 Å². The lowest BCUT2D eigenvalue weighted by atomic mass is 10.3. The molecule has 0 fully saturated rings. The molecule has 1 aromatic heterocycles. The van der Waals surface area contributed by atoms with Gasteiger partial charge < -0.3 is 9.30 Å². The lowest BCUT2D eigenvalue weighted by molar-refractivity contribution is 0.186. The van der Waals surface area contributed by atoms with Crippen molar-refractivity contribution in [1.82, 2.24) is 4.57 Å². The van der Waals surface area contributed by atoms with E-state index in [1.165, 1.54) is 5.69 Å². The Morgan fingerprint density at radius 3 is 2.76 bits per heavy atom. The molecule has 17 heavy (non-hydrogen) atoms. The number of hydrogen-bond acceptors (Lipinski definition) is 3. The molecular formula is C13H16N2OS. The second-order valence-corrected chi connectivity index (χ2v) is 4.59. The number of benzene rings is 1. The first-order valence-electron chi connectivity index (χ1n) is 5.55. The number of aromatic nitrogens is 1. The molecule has 2 aromatic rings. The van der Waals surface area contributed by atoms with E-state index in [-0.39, 0.29) is 0 Å². The van der Waals surface area contributed by atoms with E-state index in [9.17, 15) is 0 Å². The third kappa shape index (κ3) is 3.05. The Hall–Kier alpha value is -1.39. The molecule has 0 aliphatic carbocycles. The summed E-state index contributed by atoms with van der Waals surface area (Å²) in [5.41, 5.74) is 2.21. The van der Waals surface area contributed by atoms with Gasteiger partial charge in [-0.15, -0.1) is 11.3 Å². The third-order valence-corrected chi connectivity index (χ3v) is 3.47. The minimum atomic E-state index is 0.708. The summed E-state index contributed by atoms with van der Waals surface area (Å²) in [6, 6.07) is 10.0. The van der Waals surface area contributed by atoms with Gasteiger partial charge in [0, 0.05) is 24.7 Å². The van der Waals surface area contributed by atoms with Crippen LogP contribution in [-0.2, 0) is 11.3 Å². The van der Waals surface area contributed by atoms with Crippen LogP contribution in [0.3, 0.4) is 0 Å². The molecule has 0 aliphatic rings. The van der Waals surface area contributed by atoms with Crippen molar-refractivity contribution in [3.63, 3.8) is 0 Å². The van der Waals surface area contributed by atoms with E-state index in [0.717, 1.165) is 17.0 Å². The molecule has 90 valence electrons. The molecule has 0 saturated carbocycles. The van der Waals surface area contributed by atoms with Crippen molar-refractivity contribution in [3.8, 4) is 0 Å². The predicted molar refractivity (Wildman–Crippen MR) is 70.6 cm³/mol. The van der Waals surface area contributed by atoms with Gasteiger partial charge in [0.1, 0.15) is 0 Å². The van der Waals surface area contributed by atoms with E-state index in [1.54, 1.807) is 18.4 Å². The van der Waals surface area contributed by atoms with Crippen LogP contribution >= 0.6 is 11.3 Å². The zero-order valence-electron chi connectivity index (χ0n) is 10.1. The molecule has 0 amide bonds. The number of methoxy groups -OCH3 is 1. The highest BCUT2D eigenvalue weighted by atomic mass is 32.1. The van der Waals surface area contributed by atoms with Crippen LogP contribution in [0.5, 0.6) is 0 Å². The normalized spacial score (nSPS) is 12.0. The summed E-state index contributed by atoms with van der Waals surface area (Å²) in [7, 11) is 1.72. The van der Waals surface area contributed by atoms with E-state index in [1.807, 2.05) is 30.3 Å². The predicted octanol–water partition coefficient (Wildman–Crippen LogP) is 2.74. The highest BCUT2D eigenvalue weighted by molar-refractivity contribution is 7.07. The van der Waals surface area contributed by atoms with E-state index >= 15 is 0 Å². The smallest absolute Gasteiger partial charge is 0.190 e. The summed E-state index contributed by atoms with van der Waals surface area (Å²) in [4.78, 5) is 5.66. The van der Waals surface area contributed by atoms with Gasteiger partial charge in [-0.3, -0.25) is 0 Å². The van der Waals surface area contributed by atoms with Crippen molar-refractivity contribution in [3.05, 3.63) is 46.2 Å². The molecule has 0 aliphatic heterocycles. The van der Waals surface area contributed by atoms with Crippen LogP contribution < -0.4 is 4.80 Å². The summed E-state index contributed by atoms with van der Waals surface area (Å²) in [5, 5.41) is 2.12. The maximum absolute atomic E-state index is 5.12. The molecule has 0 atom stereocenters. The van der Waals surface area contributed by atoms with Crippen molar-refractivity contribution in [2.75, 3.05) is 13.7 Å². The Balaban J connectivity index is 2.35. The SMILES string of the molecule is COCCn1c(C)csc1=Nc1ccccc1. The van der Waals surface area contributed by atoms with Crippen LogP contribution in [0.4, 0.5) is 5.69 Å². The molecular weight excluding hydrogens is 232 g/mol. The van der Waals surface area contributed by atoms with Crippen molar-refractivity contribution in [2.45, 2.75) is 13.5 Å². The third-order valence-electron chi connectivity index (χ3n) is 2.49. The number of hydrogen-bond donors (Lipinski definition) is 0. The number of para-hydroxylation sites is 1. The molecule has 0 N–H and O–H groups in total. The van der Waals surface area contributed by atoms with Crippen LogP contribution in [0.2, 0.25) is 0 Å². The lowest BCUT2D eigenvalue weighted by Gasteiger charge is -2.04. The van der Waals surface area contributed by atoms with Gasteiger partial charge in [-0.1, -0.05) is 18.2 Å². The van der Waals surface area contributed by atoms with Gasteiger partial charge in [0.2, 0.25) is 0 Å². The summed E-state index contributed by atoms with van der Waals surface area (Å²) >= 11 is 1.66. The molecule has 2 rings (SSSR count). The van der Waals surface area contributed by atoms with Gasteiger partial charge in [-0.25, -0.2) is 4.99 Å². The van der Waals surface area contributed by atoms with Gasteiger partial charge in [0.25, 0.3) is 0 Å². The summed E-state index contributed by atoms with van der Waals surface area (Å²) in [6.45, 7) is 3.65. The van der Waals surface area contributed by atoms with Crippen LogP contribution in [0.1, 0.15) is 5.69 Å². The molecule has 0 bridgehead atoms. The fraction of sp³-hybridized carbons (Fsp3) is 0.308. The summed E-state index contributed by atoms with van der Waals surface area (Å²) in [5.74, 6) is 0. The van der Waals surface area contributed by atoms with Crippen molar-refractivity contribution in [1.29, 1.82) is 0 Å². The molecule has 4 heteroatoms. The van der Waals surface area contributed by atoms with Crippen molar-refractivity contribution >= 4 is 17.0 Å². The standard InChI is InChI=1S/C13H16N2OS/c1-11-10-17-13(15(11)8-9-16-2)14-12-6-4-3-5-7-12/h3-7,10H,8-9H2,1-2H3. The van der Waals surface area contributed by atoms with Gasteiger partial charge in [-0.2, -0.15) is 0 Å². The van der Waals surface area contributed by atoms with Crippen LogP contribution in [0.15, 0.2) is 40.7 Å². The first-order chi connectivity index (χ1) is 8.31. The molecule has 0 saturated heterocycles. The first kappa shape index (κ1) is 12.1. The number of thiazole rings is 1. The second kappa shape index (κ2) is 5.80. The highest BCUT2D eigenvalue weighted by Gasteiger charge is 2.00. The van der Waals surface area contributed by atoms with E-state index < -0.39 is 0 Å². The minimum Gasteiger partial charge on any atom is -0.383 e. The molecule has 0 radical (unpaired) electrons. The lowest BCUT2D eigenvalue weighted by Crippen LogP contribution is -2.18. The summed E-state index contributed by atoms with van der Waals surface area (Å²) in [6.07, 6.45) is 0. The van der Waals surface area contributed by atoms with E-state index in [4.69, 9.17) is 4.74 Å². The van der Waals surface area contributed by atoms with E-state index in [2.05, 4.69) is 21.9 Å². The maximum atomic E-state index is 5.12. The van der Waals surface area contributed by atoms with Crippen molar-refractivity contribution < 1.29 is 4.74 Å². The Kier molecular flexibility index (Phi) is 4.12. The molecule has 3 nitrogen and oxygen atoms in total. The average molecular weight is 248 g/mol. The Morgan fingerprint density at radius 1 is 1.29 bits per heavy atom. The summed E-state index contributed by atoms with van der Waals surface area (Å²) < 4.78 is 7.30. The molecule has 0 spiro atoms. The van der Waals surface area contributed by atoms with Crippen LogP contribution in [-0.4, -0.2) is 18.3 Å². The average Bonchev–Trinajstić information content (AvgIpc) is 2.69. The number of rotatable bonds is 4. The van der Waals surface area contributed by atoms with Gasteiger partial charge in [0.15, 0.2) is 4.80 Å². The first-order valence-corrected chi connectivity index (χ1v) is 6.43. The van der Waals surface area contributed by atoms with Crippen molar-refractivity contribution in [2.24, 2.45) is 4.99 Å². The topological polar surface area (TPSA) is 26.5 Å². The molecule has 0 unspecified atom stereocenters. The van der Waals surface area contributed by atoms with Crippen LogP contribution in [0.25, 0.3) is 0 Å².